The number of fused-ring (bicyclic) bond motifs is 1. The van der Waals surface area contributed by atoms with Gasteiger partial charge in [0.2, 0.25) is 5.91 Å². The van der Waals surface area contributed by atoms with Gasteiger partial charge in [0.15, 0.2) is 0 Å². The summed E-state index contributed by atoms with van der Waals surface area (Å²) in [6.07, 6.45) is 2.06. The van der Waals surface area contributed by atoms with Crippen LogP contribution in [0.25, 0.3) is 11.0 Å². The molecular formula is C17H24N4O2. The van der Waals surface area contributed by atoms with Gasteiger partial charge in [-0.2, -0.15) is 0 Å². The number of nitrogens with one attached hydrogen (secondary N) is 2. The van der Waals surface area contributed by atoms with E-state index in [2.05, 4.69) is 17.2 Å². The second-order valence-electron chi connectivity index (χ2n) is 6.17. The van der Waals surface area contributed by atoms with E-state index >= 15 is 0 Å². The molecular weight excluding hydrogens is 292 g/mol. The number of likely N-dealkylation sites (tertiary alicyclic amines) is 1. The molecule has 1 aliphatic rings. The Hall–Kier alpha value is -2.08. The molecule has 1 aromatic carbocycles. The van der Waals surface area contributed by atoms with E-state index < -0.39 is 0 Å². The Morgan fingerprint density at radius 2 is 2.04 bits per heavy atom. The van der Waals surface area contributed by atoms with Crippen LogP contribution in [0.15, 0.2) is 29.1 Å². The third-order valence-corrected chi connectivity index (χ3v) is 4.63. The number of benzene rings is 1. The number of piperidine rings is 1. The van der Waals surface area contributed by atoms with Gasteiger partial charge in [-0.25, -0.2) is 4.79 Å². The highest BCUT2D eigenvalue weighted by Crippen LogP contribution is 2.17. The highest BCUT2D eigenvalue weighted by atomic mass is 16.2. The monoisotopic (exact) mass is 316 g/mol. The van der Waals surface area contributed by atoms with Crippen LogP contribution in [0.1, 0.15) is 19.8 Å². The molecule has 2 aromatic rings. The number of aromatic nitrogens is 2. The van der Waals surface area contributed by atoms with E-state index in [9.17, 15) is 9.59 Å². The normalized spacial score (nSPS) is 16.1. The molecule has 6 nitrogen and oxygen atoms in total. The molecule has 1 aromatic heterocycles. The molecule has 0 unspecified atom stereocenters. The van der Waals surface area contributed by atoms with Crippen LogP contribution in [0.2, 0.25) is 0 Å². The quantitative estimate of drug-likeness (QED) is 0.870. The van der Waals surface area contributed by atoms with Gasteiger partial charge in [-0.1, -0.05) is 19.1 Å². The van der Waals surface area contributed by atoms with Crippen molar-refractivity contribution in [1.82, 2.24) is 19.8 Å². The number of carbonyl (C=O) groups excluding carboxylic acids is 1. The molecule has 2 heterocycles. The zero-order valence-electron chi connectivity index (χ0n) is 13.5. The first-order valence-corrected chi connectivity index (χ1v) is 8.35. The van der Waals surface area contributed by atoms with Crippen molar-refractivity contribution in [2.75, 3.05) is 26.2 Å². The number of carbonyl (C=O) groups is 1. The fourth-order valence-corrected chi connectivity index (χ4v) is 3.23. The number of para-hydroxylation sites is 2. The van der Waals surface area contributed by atoms with Gasteiger partial charge in [-0.05, 0) is 44.0 Å². The van der Waals surface area contributed by atoms with Crippen molar-refractivity contribution in [2.24, 2.45) is 5.92 Å². The van der Waals surface area contributed by atoms with Crippen molar-refractivity contribution in [3.05, 3.63) is 34.7 Å². The molecule has 23 heavy (non-hydrogen) atoms. The SMILES string of the molecule is CCNCC1CCN(C(=O)Cn2c(=O)[nH]c3ccccc32)CC1. The number of amides is 1. The van der Waals surface area contributed by atoms with Crippen molar-refractivity contribution >= 4 is 16.9 Å². The van der Waals surface area contributed by atoms with Crippen LogP contribution in [-0.4, -0.2) is 46.5 Å². The third-order valence-electron chi connectivity index (χ3n) is 4.63. The Kier molecular flexibility index (Phi) is 4.81. The predicted molar refractivity (Wildman–Crippen MR) is 90.4 cm³/mol. The van der Waals surface area contributed by atoms with Crippen LogP contribution >= 0.6 is 0 Å². The van der Waals surface area contributed by atoms with E-state index in [1.807, 2.05) is 29.2 Å². The Balaban J connectivity index is 1.63. The summed E-state index contributed by atoms with van der Waals surface area (Å²) in [5.41, 5.74) is 1.34. The minimum Gasteiger partial charge on any atom is -0.341 e. The van der Waals surface area contributed by atoms with Crippen molar-refractivity contribution < 1.29 is 4.79 Å². The van der Waals surface area contributed by atoms with Crippen LogP contribution in [0.5, 0.6) is 0 Å². The predicted octanol–water partition coefficient (Wildman–Crippen LogP) is 1.18. The molecule has 124 valence electrons. The number of H-pyrrole nitrogens is 1. The lowest BCUT2D eigenvalue weighted by molar-refractivity contribution is -0.133. The number of hydrogen-bond acceptors (Lipinski definition) is 3. The largest absolute Gasteiger partial charge is 0.341 e. The second-order valence-corrected chi connectivity index (χ2v) is 6.17. The molecule has 0 bridgehead atoms. The van der Waals surface area contributed by atoms with E-state index in [1.54, 1.807) is 0 Å². The lowest BCUT2D eigenvalue weighted by Gasteiger charge is -2.32. The Morgan fingerprint density at radius 3 is 2.78 bits per heavy atom. The van der Waals surface area contributed by atoms with Gasteiger partial charge in [-0.15, -0.1) is 0 Å². The van der Waals surface area contributed by atoms with Crippen molar-refractivity contribution in [3.63, 3.8) is 0 Å². The third kappa shape index (κ3) is 3.47. The standard InChI is InChI=1S/C17H24N4O2/c1-2-18-11-13-7-9-20(10-8-13)16(22)12-21-15-6-4-3-5-14(15)19-17(21)23/h3-6,13,18H,2,7-12H2,1H3,(H,19,23). The van der Waals surface area contributed by atoms with Crippen molar-refractivity contribution in [3.8, 4) is 0 Å². The molecule has 0 atom stereocenters. The zero-order chi connectivity index (χ0) is 16.2. The van der Waals surface area contributed by atoms with E-state index in [4.69, 9.17) is 0 Å². The van der Waals surface area contributed by atoms with E-state index in [0.717, 1.165) is 50.1 Å². The molecule has 3 rings (SSSR count). The number of nitrogens with zero attached hydrogens (tertiary/aromatic N) is 2. The van der Waals surface area contributed by atoms with Gasteiger partial charge in [0.25, 0.3) is 0 Å². The number of rotatable bonds is 5. The molecule has 1 saturated heterocycles. The summed E-state index contributed by atoms with van der Waals surface area (Å²) in [5.74, 6) is 0.675. The minimum atomic E-state index is -0.221. The summed E-state index contributed by atoms with van der Waals surface area (Å²) in [6.45, 7) is 5.80. The Morgan fingerprint density at radius 1 is 1.30 bits per heavy atom. The molecule has 1 aliphatic heterocycles. The summed E-state index contributed by atoms with van der Waals surface area (Å²) >= 11 is 0. The van der Waals surface area contributed by atoms with E-state index in [-0.39, 0.29) is 18.1 Å². The molecule has 1 amide bonds. The fourth-order valence-electron chi connectivity index (χ4n) is 3.23. The molecule has 0 saturated carbocycles. The van der Waals surface area contributed by atoms with Crippen LogP contribution in [0.3, 0.4) is 0 Å². The average Bonchev–Trinajstić information content (AvgIpc) is 2.89. The lowest BCUT2D eigenvalue weighted by Crippen LogP contribution is -2.43. The first-order chi connectivity index (χ1) is 11.2. The molecule has 0 radical (unpaired) electrons. The maximum atomic E-state index is 12.5. The molecule has 0 spiro atoms. The summed E-state index contributed by atoms with van der Waals surface area (Å²) in [7, 11) is 0. The first kappa shape index (κ1) is 15.8. The van der Waals surface area contributed by atoms with Gasteiger partial charge in [-0.3, -0.25) is 9.36 Å². The van der Waals surface area contributed by atoms with Crippen LogP contribution in [0, 0.1) is 5.92 Å². The average molecular weight is 316 g/mol. The van der Waals surface area contributed by atoms with Gasteiger partial charge < -0.3 is 15.2 Å². The molecule has 6 heteroatoms. The zero-order valence-corrected chi connectivity index (χ0v) is 13.5. The minimum absolute atomic E-state index is 0.0266. The first-order valence-electron chi connectivity index (χ1n) is 8.35. The Labute approximate surface area is 135 Å². The maximum Gasteiger partial charge on any atom is 0.326 e. The summed E-state index contributed by atoms with van der Waals surface area (Å²) in [6, 6.07) is 7.47. The maximum absolute atomic E-state index is 12.5. The van der Waals surface area contributed by atoms with Crippen LogP contribution < -0.4 is 11.0 Å². The topological polar surface area (TPSA) is 70.1 Å². The molecule has 2 N–H and O–H groups in total. The van der Waals surface area contributed by atoms with Gasteiger partial charge in [0, 0.05) is 13.1 Å². The van der Waals surface area contributed by atoms with Gasteiger partial charge in [0.1, 0.15) is 6.54 Å². The van der Waals surface area contributed by atoms with Crippen LogP contribution in [-0.2, 0) is 11.3 Å². The smallest absolute Gasteiger partial charge is 0.326 e. The van der Waals surface area contributed by atoms with Gasteiger partial charge >= 0.3 is 5.69 Å². The molecule has 1 fully saturated rings. The number of imidazole rings is 1. The van der Waals surface area contributed by atoms with Crippen LogP contribution in [0.4, 0.5) is 0 Å². The second kappa shape index (κ2) is 7.00. The highest BCUT2D eigenvalue weighted by molar-refractivity contribution is 5.80. The lowest BCUT2D eigenvalue weighted by atomic mass is 9.97. The van der Waals surface area contributed by atoms with Crippen molar-refractivity contribution in [2.45, 2.75) is 26.3 Å². The summed E-state index contributed by atoms with van der Waals surface area (Å²) in [5, 5.41) is 3.37. The van der Waals surface area contributed by atoms with E-state index in [0.29, 0.717) is 5.92 Å². The number of hydrogen-bond donors (Lipinski definition) is 2. The fraction of sp³-hybridized carbons (Fsp3) is 0.529. The van der Waals surface area contributed by atoms with Gasteiger partial charge in [0.05, 0.1) is 11.0 Å². The summed E-state index contributed by atoms with van der Waals surface area (Å²) in [4.78, 5) is 29.3. The van der Waals surface area contributed by atoms with Crippen molar-refractivity contribution in [1.29, 1.82) is 0 Å². The van der Waals surface area contributed by atoms with E-state index in [1.165, 1.54) is 4.57 Å². The summed E-state index contributed by atoms with van der Waals surface area (Å²) < 4.78 is 1.53. The number of aromatic amines is 1. The Bertz CT molecular complexity index is 726. The molecule has 0 aliphatic carbocycles. The highest BCUT2D eigenvalue weighted by Gasteiger charge is 2.23.